The molecule has 2 atom stereocenters. The number of carbonyl (C=O) groups excluding carboxylic acids is 1. The first kappa shape index (κ1) is 12.2. The molecule has 92 valence electrons. The number of halogens is 1. The average molecular weight is 244 g/mol. The van der Waals surface area contributed by atoms with Gasteiger partial charge in [-0.2, -0.15) is 0 Å². The molecule has 2 aliphatic rings. The molecule has 2 nitrogen and oxygen atoms in total. The molecule has 0 spiro atoms. The van der Waals surface area contributed by atoms with E-state index in [0.29, 0.717) is 17.2 Å². The van der Waals surface area contributed by atoms with Crippen molar-refractivity contribution in [1.29, 1.82) is 0 Å². The van der Waals surface area contributed by atoms with Crippen LogP contribution in [0.25, 0.3) is 0 Å². The van der Waals surface area contributed by atoms with E-state index >= 15 is 0 Å². The van der Waals surface area contributed by atoms with E-state index in [4.69, 9.17) is 11.6 Å². The van der Waals surface area contributed by atoms with Crippen molar-refractivity contribution in [1.82, 2.24) is 5.32 Å². The lowest BCUT2D eigenvalue weighted by Gasteiger charge is -2.21. The first-order chi connectivity index (χ1) is 7.75. The molecule has 2 unspecified atom stereocenters. The standard InChI is InChI=1S/C13H22ClNO/c14-12-7-6-10(8-12)9-15-13(16)11-4-2-1-3-5-11/h10-12H,1-9H2,(H,15,16). The quantitative estimate of drug-likeness (QED) is 0.759. The van der Waals surface area contributed by atoms with Gasteiger partial charge in [-0.05, 0) is 38.0 Å². The molecule has 1 N–H and O–H groups in total. The number of nitrogens with one attached hydrogen (secondary N) is 1. The Kier molecular flexibility index (Phi) is 4.51. The van der Waals surface area contributed by atoms with E-state index in [1.165, 1.54) is 25.7 Å². The van der Waals surface area contributed by atoms with Crippen LogP contribution >= 0.6 is 11.6 Å². The Morgan fingerprint density at radius 2 is 1.88 bits per heavy atom. The second kappa shape index (κ2) is 5.90. The van der Waals surface area contributed by atoms with Gasteiger partial charge in [-0.1, -0.05) is 19.3 Å². The second-order valence-electron chi connectivity index (χ2n) is 5.36. The van der Waals surface area contributed by atoms with Gasteiger partial charge in [0, 0.05) is 17.8 Å². The maximum absolute atomic E-state index is 11.9. The van der Waals surface area contributed by atoms with Crippen LogP contribution in [0, 0.1) is 11.8 Å². The molecule has 2 fully saturated rings. The van der Waals surface area contributed by atoms with Crippen LogP contribution in [0.5, 0.6) is 0 Å². The van der Waals surface area contributed by atoms with Crippen LogP contribution in [0.2, 0.25) is 0 Å². The number of hydrogen-bond acceptors (Lipinski definition) is 1. The Morgan fingerprint density at radius 1 is 1.12 bits per heavy atom. The van der Waals surface area contributed by atoms with Crippen molar-refractivity contribution in [2.45, 2.75) is 56.7 Å². The third kappa shape index (κ3) is 3.38. The summed E-state index contributed by atoms with van der Waals surface area (Å²) < 4.78 is 0. The Labute approximate surface area is 103 Å². The van der Waals surface area contributed by atoms with E-state index < -0.39 is 0 Å². The molecule has 1 amide bonds. The topological polar surface area (TPSA) is 29.1 Å². The van der Waals surface area contributed by atoms with Crippen molar-refractivity contribution in [3.8, 4) is 0 Å². The van der Waals surface area contributed by atoms with Gasteiger partial charge in [0.2, 0.25) is 5.91 Å². The van der Waals surface area contributed by atoms with Crippen molar-refractivity contribution >= 4 is 17.5 Å². The van der Waals surface area contributed by atoms with Crippen LogP contribution in [-0.4, -0.2) is 17.8 Å². The Balaban J connectivity index is 1.66. The lowest BCUT2D eigenvalue weighted by Crippen LogP contribution is -2.34. The SMILES string of the molecule is O=C(NCC1CCC(Cl)C1)C1CCCCC1. The van der Waals surface area contributed by atoms with Crippen LogP contribution in [0.4, 0.5) is 0 Å². The van der Waals surface area contributed by atoms with Gasteiger partial charge in [-0.25, -0.2) is 0 Å². The highest BCUT2D eigenvalue weighted by molar-refractivity contribution is 6.20. The molecular formula is C13H22ClNO. The Bertz CT molecular complexity index is 238. The van der Waals surface area contributed by atoms with Gasteiger partial charge in [-0.15, -0.1) is 11.6 Å². The predicted octanol–water partition coefficient (Wildman–Crippen LogP) is 3.09. The van der Waals surface area contributed by atoms with Gasteiger partial charge in [0.15, 0.2) is 0 Å². The number of hydrogen-bond donors (Lipinski definition) is 1. The highest BCUT2D eigenvalue weighted by Gasteiger charge is 2.25. The molecule has 0 saturated heterocycles. The van der Waals surface area contributed by atoms with Gasteiger partial charge in [-0.3, -0.25) is 4.79 Å². The highest BCUT2D eigenvalue weighted by atomic mass is 35.5. The average Bonchev–Trinajstić information content (AvgIpc) is 2.73. The van der Waals surface area contributed by atoms with Crippen molar-refractivity contribution in [3.63, 3.8) is 0 Å². The normalized spacial score (nSPS) is 31.6. The van der Waals surface area contributed by atoms with Crippen molar-refractivity contribution in [2.24, 2.45) is 11.8 Å². The molecule has 0 radical (unpaired) electrons. The minimum atomic E-state index is 0.290. The van der Waals surface area contributed by atoms with E-state index in [-0.39, 0.29) is 5.91 Å². The lowest BCUT2D eigenvalue weighted by molar-refractivity contribution is -0.126. The van der Waals surface area contributed by atoms with Crippen LogP contribution < -0.4 is 5.32 Å². The Hall–Kier alpha value is -0.240. The summed E-state index contributed by atoms with van der Waals surface area (Å²) in [6.45, 7) is 0.846. The molecule has 0 aromatic heterocycles. The fourth-order valence-electron chi connectivity index (χ4n) is 2.95. The summed E-state index contributed by atoms with van der Waals surface area (Å²) in [7, 11) is 0. The summed E-state index contributed by atoms with van der Waals surface area (Å²) in [6, 6.07) is 0. The maximum Gasteiger partial charge on any atom is 0.223 e. The summed E-state index contributed by atoms with van der Waals surface area (Å²) in [5.41, 5.74) is 0. The molecule has 0 bridgehead atoms. The smallest absolute Gasteiger partial charge is 0.223 e. The lowest BCUT2D eigenvalue weighted by atomic mass is 9.88. The molecule has 0 aromatic carbocycles. The minimum absolute atomic E-state index is 0.290. The molecule has 0 aliphatic heterocycles. The first-order valence-corrected chi connectivity index (χ1v) is 7.11. The largest absolute Gasteiger partial charge is 0.356 e. The fourth-order valence-corrected chi connectivity index (χ4v) is 3.33. The zero-order valence-electron chi connectivity index (χ0n) is 9.88. The first-order valence-electron chi connectivity index (χ1n) is 6.67. The predicted molar refractivity (Wildman–Crippen MR) is 66.6 cm³/mol. The maximum atomic E-state index is 11.9. The Morgan fingerprint density at radius 3 is 2.50 bits per heavy atom. The van der Waals surface area contributed by atoms with Crippen molar-refractivity contribution < 1.29 is 4.79 Å². The van der Waals surface area contributed by atoms with E-state index in [9.17, 15) is 4.79 Å². The molecule has 0 heterocycles. The van der Waals surface area contributed by atoms with E-state index in [1.807, 2.05) is 0 Å². The van der Waals surface area contributed by atoms with Crippen LogP contribution in [0.15, 0.2) is 0 Å². The molecule has 0 aromatic rings. The number of amides is 1. The summed E-state index contributed by atoms with van der Waals surface area (Å²) in [4.78, 5) is 11.9. The van der Waals surface area contributed by atoms with Gasteiger partial charge < -0.3 is 5.32 Å². The highest BCUT2D eigenvalue weighted by Crippen LogP contribution is 2.29. The third-order valence-corrected chi connectivity index (χ3v) is 4.41. The second-order valence-corrected chi connectivity index (χ2v) is 5.97. The van der Waals surface area contributed by atoms with Crippen LogP contribution in [0.1, 0.15) is 51.4 Å². The van der Waals surface area contributed by atoms with Gasteiger partial charge >= 0.3 is 0 Å². The summed E-state index contributed by atoms with van der Waals surface area (Å²) in [6.07, 6.45) is 9.32. The van der Waals surface area contributed by atoms with E-state index in [1.54, 1.807) is 0 Å². The molecule has 2 aliphatic carbocycles. The van der Waals surface area contributed by atoms with Gasteiger partial charge in [0.05, 0.1) is 0 Å². The summed E-state index contributed by atoms with van der Waals surface area (Å²) in [5, 5.41) is 3.46. The zero-order valence-corrected chi connectivity index (χ0v) is 10.6. The minimum Gasteiger partial charge on any atom is -0.356 e. The van der Waals surface area contributed by atoms with Crippen LogP contribution in [0.3, 0.4) is 0 Å². The molecule has 3 heteroatoms. The summed E-state index contributed by atoms with van der Waals surface area (Å²) in [5.74, 6) is 1.20. The van der Waals surface area contributed by atoms with E-state index in [0.717, 1.165) is 32.2 Å². The van der Waals surface area contributed by atoms with Crippen molar-refractivity contribution in [3.05, 3.63) is 0 Å². The monoisotopic (exact) mass is 243 g/mol. The fraction of sp³-hybridized carbons (Fsp3) is 0.923. The summed E-state index contributed by atoms with van der Waals surface area (Å²) >= 11 is 6.06. The number of alkyl halides is 1. The van der Waals surface area contributed by atoms with Crippen molar-refractivity contribution in [2.75, 3.05) is 6.54 Å². The molecular weight excluding hydrogens is 222 g/mol. The molecule has 2 rings (SSSR count). The zero-order chi connectivity index (χ0) is 11.4. The van der Waals surface area contributed by atoms with Crippen LogP contribution in [-0.2, 0) is 4.79 Å². The van der Waals surface area contributed by atoms with Gasteiger partial charge in [0.25, 0.3) is 0 Å². The molecule has 16 heavy (non-hydrogen) atoms. The number of rotatable bonds is 3. The third-order valence-electron chi connectivity index (χ3n) is 4.02. The van der Waals surface area contributed by atoms with E-state index in [2.05, 4.69) is 5.32 Å². The molecule has 2 saturated carbocycles. The van der Waals surface area contributed by atoms with Gasteiger partial charge in [0.1, 0.15) is 0 Å². The number of carbonyl (C=O) groups is 1.